The molecule has 0 radical (unpaired) electrons. The van der Waals surface area contributed by atoms with Crippen LogP contribution in [0.4, 0.5) is 4.79 Å². The van der Waals surface area contributed by atoms with Gasteiger partial charge in [-0.1, -0.05) is 0 Å². The van der Waals surface area contributed by atoms with Gasteiger partial charge in [0.1, 0.15) is 17.5 Å². The highest BCUT2D eigenvalue weighted by Gasteiger charge is 2.43. The van der Waals surface area contributed by atoms with E-state index in [-0.39, 0.29) is 0 Å². The van der Waals surface area contributed by atoms with Crippen molar-refractivity contribution in [3.63, 3.8) is 0 Å². The molecule has 0 unspecified atom stereocenters. The zero-order valence-electron chi connectivity index (χ0n) is 11.2. The molecule has 2 atom stereocenters. The van der Waals surface area contributed by atoms with E-state index in [0.29, 0.717) is 16.9 Å². The van der Waals surface area contributed by atoms with Crippen molar-refractivity contribution < 1.29 is 14.6 Å². The molecule has 0 spiro atoms. The summed E-state index contributed by atoms with van der Waals surface area (Å²) in [4.78, 5) is 10.8. The van der Waals surface area contributed by atoms with Crippen molar-refractivity contribution in [1.29, 1.82) is 5.26 Å². The molecule has 0 saturated heterocycles. The van der Waals surface area contributed by atoms with Crippen molar-refractivity contribution in [1.82, 2.24) is 10.9 Å². The number of benzene rings is 1. The van der Waals surface area contributed by atoms with Crippen LogP contribution in [0.5, 0.6) is 5.75 Å². The Kier molecular flexibility index (Phi) is 3.53. The maximum Gasteiger partial charge on any atom is 0.326 e. The van der Waals surface area contributed by atoms with Gasteiger partial charge in [0.05, 0.1) is 17.7 Å². The van der Waals surface area contributed by atoms with Crippen LogP contribution in [0.2, 0.25) is 0 Å². The lowest BCUT2D eigenvalue weighted by Gasteiger charge is -2.42. The van der Waals surface area contributed by atoms with Gasteiger partial charge in [-0.2, -0.15) is 5.26 Å². The smallest absolute Gasteiger partial charge is 0.326 e. The second-order valence-electron chi connectivity index (χ2n) is 5.13. The number of fused-ring (bicyclic) bond motifs is 1. The molecule has 7 nitrogen and oxygen atoms in total. The summed E-state index contributed by atoms with van der Waals surface area (Å²) in [6.45, 7) is 3.47. The molecule has 0 bridgehead atoms. The summed E-state index contributed by atoms with van der Waals surface area (Å²) in [5.41, 5.74) is 10.1. The number of urea groups is 1. The number of hydrazine groups is 1. The molecule has 0 aliphatic carbocycles. The predicted molar refractivity (Wildman–Crippen MR) is 70.5 cm³/mol. The van der Waals surface area contributed by atoms with Crippen molar-refractivity contribution in [3.05, 3.63) is 29.3 Å². The van der Waals surface area contributed by atoms with E-state index < -0.39 is 23.8 Å². The molecule has 106 valence electrons. The van der Waals surface area contributed by atoms with Crippen molar-refractivity contribution in [2.24, 2.45) is 5.73 Å². The fourth-order valence-electron chi connectivity index (χ4n) is 2.17. The minimum Gasteiger partial charge on any atom is -0.485 e. The van der Waals surface area contributed by atoms with Crippen LogP contribution in [0, 0.1) is 11.3 Å². The molecule has 2 amide bonds. The Morgan fingerprint density at radius 3 is 2.85 bits per heavy atom. The van der Waals surface area contributed by atoms with Crippen molar-refractivity contribution >= 4 is 6.03 Å². The second-order valence-corrected chi connectivity index (χ2v) is 5.13. The van der Waals surface area contributed by atoms with E-state index >= 15 is 0 Å². The summed E-state index contributed by atoms with van der Waals surface area (Å²) in [5, 5.41) is 19.3. The molecule has 1 aromatic rings. The zero-order chi connectivity index (χ0) is 14.9. The van der Waals surface area contributed by atoms with Gasteiger partial charge in [-0.25, -0.2) is 10.2 Å². The third kappa shape index (κ3) is 2.52. The third-order valence-corrected chi connectivity index (χ3v) is 3.23. The highest BCUT2D eigenvalue weighted by molar-refractivity contribution is 5.71. The number of carbonyl (C=O) groups is 1. The molecular formula is C13H16N4O3. The Balaban J connectivity index is 2.42. The lowest BCUT2D eigenvalue weighted by atomic mass is 9.86. The van der Waals surface area contributed by atoms with Crippen LogP contribution in [0.3, 0.4) is 0 Å². The fraction of sp³-hybridized carbons (Fsp3) is 0.385. The summed E-state index contributed by atoms with van der Waals surface area (Å²) in [7, 11) is 0. The summed E-state index contributed by atoms with van der Waals surface area (Å²) >= 11 is 0. The lowest BCUT2D eigenvalue weighted by molar-refractivity contribution is -0.0662. The number of carbonyl (C=O) groups excluding carboxylic acids is 1. The van der Waals surface area contributed by atoms with Crippen LogP contribution < -0.4 is 21.3 Å². The van der Waals surface area contributed by atoms with Crippen LogP contribution in [0.1, 0.15) is 31.0 Å². The zero-order valence-corrected chi connectivity index (χ0v) is 11.2. The molecule has 20 heavy (non-hydrogen) atoms. The van der Waals surface area contributed by atoms with Gasteiger partial charge in [-0.3, -0.25) is 5.43 Å². The molecule has 1 aromatic carbocycles. The van der Waals surface area contributed by atoms with E-state index in [2.05, 4.69) is 10.9 Å². The minimum absolute atomic E-state index is 0.435. The molecule has 2 rings (SSSR count). The number of nitrogens with one attached hydrogen (secondary N) is 2. The molecule has 1 aliphatic heterocycles. The van der Waals surface area contributed by atoms with Crippen LogP contribution in [-0.2, 0) is 0 Å². The van der Waals surface area contributed by atoms with E-state index in [1.807, 2.05) is 6.07 Å². The molecule has 7 heteroatoms. The average molecular weight is 276 g/mol. The van der Waals surface area contributed by atoms with Crippen molar-refractivity contribution in [3.8, 4) is 11.8 Å². The second kappa shape index (κ2) is 5.00. The van der Waals surface area contributed by atoms with Crippen LogP contribution >= 0.6 is 0 Å². The number of primary amides is 1. The number of hydrogen-bond acceptors (Lipinski definition) is 5. The van der Waals surface area contributed by atoms with Crippen molar-refractivity contribution in [2.45, 2.75) is 31.6 Å². The van der Waals surface area contributed by atoms with E-state index in [4.69, 9.17) is 15.7 Å². The number of aliphatic hydroxyl groups is 1. The number of ether oxygens (including phenoxy) is 1. The highest BCUT2D eigenvalue weighted by Crippen LogP contribution is 2.39. The average Bonchev–Trinajstić information content (AvgIpc) is 2.38. The Morgan fingerprint density at radius 1 is 1.55 bits per heavy atom. The van der Waals surface area contributed by atoms with Crippen molar-refractivity contribution in [2.75, 3.05) is 0 Å². The first-order valence-electron chi connectivity index (χ1n) is 6.07. The largest absolute Gasteiger partial charge is 0.485 e. The standard InChI is InChI=1S/C13H16N4O3/c1-13(2)11(18)10(16-17-12(15)19)8-5-7(6-14)3-4-9(8)20-13/h3-5,10-11,16,18H,1-2H3,(H3,15,17,19)/t10-,11+/m1/s1. The van der Waals surface area contributed by atoms with E-state index in [1.54, 1.807) is 32.0 Å². The number of rotatable bonds is 2. The Hall–Kier alpha value is -2.30. The maximum absolute atomic E-state index is 10.8. The Labute approximate surface area is 116 Å². The lowest BCUT2D eigenvalue weighted by Crippen LogP contribution is -2.56. The summed E-state index contributed by atoms with van der Waals surface area (Å²) in [6.07, 6.45) is -0.934. The van der Waals surface area contributed by atoms with Gasteiger partial charge in [-0.15, -0.1) is 0 Å². The Morgan fingerprint density at radius 2 is 2.25 bits per heavy atom. The maximum atomic E-state index is 10.8. The summed E-state index contributed by atoms with van der Waals surface area (Å²) < 4.78 is 5.72. The molecule has 5 N–H and O–H groups in total. The van der Waals surface area contributed by atoms with E-state index in [9.17, 15) is 9.90 Å². The first-order chi connectivity index (χ1) is 9.35. The van der Waals surface area contributed by atoms with E-state index in [0.717, 1.165) is 0 Å². The van der Waals surface area contributed by atoms with Gasteiger partial charge >= 0.3 is 6.03 Å². The van der Waals surface area contributed by atoms with E-state index in [1.165, 1.54) is 0 Å². The monoisotopic (exact) mass is 276 g/mol. The number of nitriles is 1. The SMILES string of the molecule is CC1(C)Oc2ccc(C#N)cc2[C@@H](NNC(N)=O)[C@@H]1O. The third-order valence-electron chi connectivity index (χ3n) is 3.23. The first-order valence-corrected chi connectivity index (χ1v) is 6.07. The molecule has 1 heterocycles. The van der Waals surface area contributed by atoms with Gasteiger partial charge in [0.2, 0.25) is 0 Å². The van der Waals surface area contributed by atoms with Crippen LogP contribution in [-0.4, -0.2) is 22.8 Å². The number of hydrogen-bond donors (Lipinski definition) is 4. The normalized spacial score (nSPS) is 23.1. The number of aliphatic hydroxyl groups excluding tert-OH is 1. The number of nitrogens with zero attached hydrogens (tertiary/aromatic N) is 1. The quantitative estimate of drug-likeness (QED) is 0.579. The summed E-state index contributed by atoms with van der Waals surface area (Å²) in [5.74, 6) is 0.545. The van der Waals surface area contributed by atoms with Gasteiger partial charge in [0.25, 0.3) is 0 Å². The predicted octanol–water partition coefficient (Wildman–Crippen LogP) is 0.304. The fourth-order valence-corrected chi connectivity index (χ4v) is 2.17. The topological polar surface area (TPSA) is 120 Å². The minimum atomic E-state index is -0.934. The van der Waals surface area contributed by atoms with Crippen LogP contribution in [0.25, 0.3) is 0 Å². The highest BCUT2D eigenvalue weighted by atomic mass is 16.5. The number of amides is 2. The molecule has 0 fully saturated rings. The summed E-state index contributed by atoms with van der Waals surface area (Å²) in [6, 6.07) is 5.53. The van der Waals surface area contributed by atoms with Gasteiger partial charge in [-0.05, 0) is 32.0 Å². The molecule has 1 aliphatic rings. The van der Waals surface area contributed by atoms with Crippen LogP contribution in [0.15, 0.2) is 18.2 Å². The van der Waals surface area contributed by atoms with Gasteiger partial charge < -0.3 is 15.6 Å². The molecular weight excluding hydrogens is 260 g/mol. The molecule has 0 saturated carbocycles. The molecule has 0 aromatic heterocycles. The van der Waals surface area contributed by atoms with Gasteiger partial charge in [0.15, 0.2) is 0 Å². The number of nitrogens with two attached hydrogens (primary N) is 1. The first kappa shape index (κ1) is 14.1. The van der Waals surface area contributed by atoms with Gasteiger partial charge in [0, 0.05) is 5.56 Å². The Bertz CT molecular complexity index is 579.